The zero-order chi connectivity index (χ0) is 13.9. The summed E-state index contributed by atoms with van der Waals surface area (Å²) in [5, 5.41) is 2.17. The Kier molecular flexibility index (Phi) is 4.47. The maximum Gasteiger partial charge on any atom is 0.153 e. The van der Waals surface area contributed by atoms with Gasteiger partial charge in [0.1, 0.15) is 12.4 Å². The van der Waals surface area contributed by atoms with Crippen molar-refractivity contribution in [3.05, 3.63) is 40.9 Å². The minimum absolute atomic E-state index is 0.0444. The second-order valence-electron chi connectivity index (χ2n) is 4.18. The van der Waals surface area contributed by atoms with Crippen LogP contribution in [0, 0.1) is 0 Å². The van der Waals surface area contributed by atoms with Gasteiger partial charge in [-0.05, 0) is 32.8 Å². The van der Waals surface area contributed by atoms with Crippen molar-refractivity contribution in [1.29, 1.82) is 0 Å². The van der Waals surface area contributed by atoms with Gasteiger partial charge in [-0.1, -0.05) is 37.3 Å². The van der Waals surface area contributed by atoms with Gasteiger partial charge < -0.3 is 4.74 Å². The Morgan fingerprint density at radius 3 is 2.63 bits per heavy atom. The summed E-state index contributed by atoms with van der Waals surface area (Å²) < 4.78 is 29.2. The highest BCUT2D eigenvalue weighted by Crippen LogP contribution is 2.32. The smallest absolute Gasteiger partial charge is 0.153 e. The molecular weight excluding hydrogens is 328 g/mol. The van der Waals surface area contributed by atoms with Crippen LogP contribution in [0.15, 0.2) is 40.9 Å². The molecule has 3 nitrogen and oxygen atoms in total. The predicted octanol–water partition coefficient (Wildman–Crippen LogP) is 3.42. The Hall–Kier alpha value is -1.07. The normalized spacial score (nSPS) is 11.7. The van der Waals surface area contributed by atoms with E-state index in [0.29, 0.717) is 5.75 Å². The topological polar surface area (TPSA) is 43.4 Å². The van der Waals surface area contributed by atoms with Crippen LogP contribution >= 0.6 is 15.9 Å². The molecule has 2 aromatic carbocycles. The molecule has 102 valence electrons. The maximum absolute atomic E-state index is 11.4. The van der Waals surface area contributed by atoms with Crippen molar-refractivity contribution in [3.8, 4) is 5.75 Å². The first kappa shape index (κ1) is 14.3. The van der Waals surface area contributed by atoms with Gasteiger partial charge in [0.2, 0.25) is 0 Å². The number of hydrogen-bond donors (Lipinski definition) is 0. The Morgan fingerprint density at radius 1 is 1.16 bits per heavy atom. The highest BCUT2D eigenvalue weighted by atomic mass is 79.9. The molecule has 0 unspecified atom stereocenters. The summed E-state index contributed by atoms with van der Waals surface area (Å²) in [5.74, 6) is 0.864. The van der Waals surface area contributed by atoms with Gasteiger partial charge in [0.25, 0.3) is 0 Å². The lowest BCUT2D eigenvalue weighted by atomic mass is 10.1. The van der Waals surface area contributed by atoms with Gasteiger partial charge in [-0.15, -0.1) is 0 Å². The van der Waals surface area contributed by atoms with E-state index < -0.39 is 9.84 Å². The zero-order valence-corrected chi connectivity index (χ0v) is 13.0. The quantitative estimate of drug-likeness (QED) is 0.836. The van der Waals surface area contributed by atoms with E-state index in [9.17, 15) is 8.42 Å². The van der Waals surface area contributed by atoms with E-state index >= 15 is 0 Å². The van der Waals surface area contributed by atoms with E-state index in [4.69, 9.17) is 4.74 Å². The lowest BCUT2D eigenvalue weighted by Crippen LogP contribution is -2.15. The Balaban J connectivity index is 2.16. The second-order valence-corrected chi connectivity index (χ2v) is 7.45. The molecule has 0 spiro atoms. The monoisotopic (exact) mass is 342 g/mol. The number of hydrogen-bond acceptors (Lipinski definition) is 3. The minimum Gasteiger partial charge on any atom is -0.491 e. The summed E-state index contributed by atoms with van der Waals surface area (Å²) in [6, 6.07) is 11.8. The molecule has 0 aromatic heterocycles. The first-order valence-corrected chi connectivity index (χ1v) is 8.65. The predicted molar refractivity (Wildman–Crippen MR) is 81.5 cm³/mol. The lowest BCUT2D eigenvalue weighted by Gasteiger charge is -2.10. The van der Waals surface area contributed by atoms with E-state index in [-0.39, 0.29) is 18.1 Å². The number of halogens is 1. The van der Waals surface area contributed by atoms with E-state index in [1.165, 1.54) is 0 Å². The summed E-state index contributed by atoms with van der Waals surface area (Å²) in [7, 11) is -2.99. The molecule has 0 aliphatic rings. The van der Waals surface area contributed by atoms with Crippen LogP contribution in [0.5, 0.6) is 5.75 Å². The summed E-state index contributed by atoms with van der Waals surface area (Å²) in [6.07, 6.45) is 0. The summed E-state index contributed by atoms with van der Waals surface area (Å²) in [4.78, 5) is 0. The number of ether oxygens (including phenoxy) is 1. The molecule has 2 aromatic rings. The second kappa shape index (κ2) is 5.92. The molecule has 2 rings (SSSR count). The molecule has 0 N–H and O–H groups in total. The fourth-order valence-electron chi connectivity index (χ4n) is 1.75. The van der Waals surface area contributed by atoms with Crippen LogP contribution in [0.1, 0.15) is 6.92 Å². The van der Waals surface area contributed by atoms with Gasteiger partial charge in [-0.25, -0.2) is 8.42 Å². The SMILES string of the molecule is CCS(=O)(=O)CCOc1ccc2ccccc2c1Br. The number of fused-ring (bicyclic) bond motifs is 1. The molecule has 0 aliphatic heterocycles. The van der Waals surface area contributed by atoms with Crippen LogP contribution in [0.3, 0.4) is 0 Å². The fourth-order valence-corrected chi connectivity index (χ4v) is 2.98. The molecule has 0 amide bonds. The van der Waals surface area contributed by atoms with E-state index in [1.807, 2.05) is 36.4 Å². The first-order chi connectivity index (χ1) is 9.03. The fraction of sp³-hybridized carbons (Fsp3) is 0.286. The maximum atomic E-state index is 11.4. The summed E-state index contributed by atoms with van der Waals surface area (Å²) in [5.41, 5.74) is 0. The standard InChI is InChI=1S/C14H15BrO3S/c1-2-19(16,17)10-9-18-13-8-7-11-5-3-4-6-12(11)14(13)15/h3-8H,2,9-10H2,1H3. The van der Waals surface area contributed by atoms with Crippen LogP contribution in [-0.4, -0.2) is 26.5 Å². The van der Waals surface area contributed by atoms with Gasteiger partial charge in [0, 0.05) is 5.75 Å². The van der Waals surface area contributed by atoms with Gasteiger partial charge in [-0.2, -0.15) is 0 Å². The van der Waals surface area contributed by atoms with E-state index in [1.54, 1.807) is 6.92 Å². The van der Waals surface area contributed by atoms with Crippen molar-refractivity contribution in [2.75, 3.05) is 18.1 Å². The van der Waals surface area contributed by atoms with E-state index in [2.05, 4.69) is 15.9 Å². The van der Waals surface area contributed by atoms with Crippen molar-refractivity contribution in [3.63, 3.8) is 0 Å². The average Bonchev–Trinajstić information content (AvgIpc) is 2.42. The van der Waals surface area contributed by atoms with Crippen LogP contribution < -0.4 is 4.74 Å². The third-order valence-corrected chi connectivity index (χ3v) is 5.41. The first-order valence-electron chi connectivity index (χ1n) is 6.04. The molecule has 0 atom stereocenters. The number of rotatable bonds is 5. The third kappa shape index (κ3) is 3.48. The zero-order valence-electron chi connectivity index (χ0n) is 10.6. The Labute approximate surface area is 121 Å². The Morgan fingerprint density at radius 2 is 1.89 bits per heavy atom. The molecule has 0 saturated heterocycles. The highest BCUT2D eigenvalue weighted by Gasteiger charge is 2.10. The van der Waals surface area contributed by atoms with Crippen LogP contribution in [-0.2, 0) is 9.84 Å². The molecule has 19 heavy (non-hydrogen) atoms. The van der Waals surface area contributed by atoms with Crippen molar-refractivity contribution in [1.82, 2.24) is 0 Å². The summed E-state index contributed by atoms with van der Waals surface area (Å²) in [6.45, 7) is 1.81. The van der Waals surface area contributed by atoms with Crippen molar-refractivity contribution < 1.29 is 13.2 Å². The molecule has 0 saturated carbocycles. The van der Waals surface area contributed by atoms with E-state index in [0.717, 1.165) is 15.2 Å². The minimum atomic E-state index is -2.99. The largest absolute Gasteiger partial charge is 0.491 e. The Bertz CT molecular complexity index is 680. The highest BCUT2D eigenvalue weighted by molar-refractivity contribution is 9.10. The van der Waals surface area contributed by atoms with Crippen molar-refractivity contribution >= 4 is 36.5 Å². The van der Waals surface area contributed by atoms with Crippen molar-refractivity contribution in [2.24, 2.45) is 0 Å². The molecule has 0 radical (unpaired) electrons. The molecule has 0 aliphatic carbocycles. The third-order valence-electron chi connectivity index (χ3n) is 2.92. The molecule has 0 bridgehead atoms. The van der Waals surface area contributed by atoms with Gasteiger partial charge in [0.05, 0.1) is 10.2 Å². The summed E-state index contributed by atoms with van der Waals surface area (Å²) >= 11 is 3.51. The number of sulfone groups is 1. The molecular formula is C14H15BrO3S. The molecule has 5 heteroatoms. The van der Waals surface area contributed by atoms with Crippen LogP contribution in [0.25, 0.3) is 10.8 Å². The van der Waals surface area contributed by atoms with Crippen LogP contribution in [0.2, 0.25) is 0 Å². The van der Waals surface area contributed by atoms with Gasteiger partial charge in [0.15, 0.2) is 9.84 Å². The van der Waals surface area contributed by atoms with Gasteiger partial charge in [-0.3, -0.25) is 0 Å². The average molecular weight is 343 g/mol. The van der Waals surface area contributed by atoms with Crippen molar-refractivity contribution in [2.45, 2.75) is 6.92 Å². The van der Waals surface area contributed by atoms with Gasteiger partial charge >= 0.3 is 0 Å². The molecule has 0 fully saturated rings. The molecule has 0 heterocycles. The lowest BCUT2D eigenvalue weighted by molar-refractivity contribution is 0.339. The number of benzene rings is 2. The van der Waals surface area contributed by atoms with Crippen LogP contribution in [0.4, 0.5) is 0 Å².